The van der Waals surface area contributed by atoms with Crippen molar-refractivity contribution in [2.45, 2.75) is 56.5 Å². The third-order valence-electron chi connectivity index (χ3n) is 6.23. The molecule has 2 aliphatic rings. The molecular formula is C23H29N3O4S2. The van der Waals surface area contributed by atoms with E-state index in [2.05, 4.69) is 16.8 Å². The van der Waals surface area contributed by atoms with Crippen LogP contribution in [0.4, 0.5) is 0 Å². The van der Waals surface area contributed by atoms with Crippen molar-refractivity contribution >= 4 is 33.2 Å². The Morgan fingerprint density at radius 1 is 1.19 bits per heavy atom. The molecule has 172 valence electrons. The average molecular weight is 476 g/mol. The molecule has 0 aliphatic carbocycles. The number of carbonyl (C=O) groups excluding carboxylic acids is 2. The van der Waals surface area contributed by atoms with E-state index < -0.39 is 10.0 Å². The average Bonchev–Trinajstić information content (AvgIpc) is 3.27. The van der Waals surface area contributed by atoms with E-state index >= 15 is 0 Å². The van der Waals surface area contributed by atoms with Gasteiger partial charge in [-0.3, -0.25) is 9.59 Å². The van der Waals surface area contributed by atoms with Crippen LogP contribution in [0, 0.1) is 0 Å². The van der Waals surface area contributed by atoms with E-state index in [4.69, 9.17) is 0 Å². The number of thiophene rings is 1. The van der Waals surface area contributed by atoms with E-state index in [1.165, 1.54) is 26.9 Å². The van der Waals surface area contributed by atoms with Gasteiger partial charge >= 0.3 is 0 Å². The highest BCUT2D eigenvalue weighted by Crippen LogP contribution is 2.26. The Bertz CT molecular complexity index is 1100. The zero-order chi connectivity index (χ0) is 22.7. The number of amides is 2. The quantitative estimate of drug-likeness (QED) is 0.696. The maximum absolute atomic E-state index is 13.1. The number of sulfonamides is 1. The summed E-state index contributed by atoms with van der Waals surface area (Å²) >= 11 is 1.73. The first-order valence-electron chi connectivity index (χ1n) is 11.1. The summed E-state index contributed by atoms with van der Waals surface area (Å²) in [7, 11) is -3.64. The van der Waals surface area contributed by atoms with Gasteiger partial charge in [0.15, 0.2) is 0 Å². The summed E-state index contributed by atoms with van der Waals surface area (Å²) in [5.74, 6) is -0.363. The number of benzene rings is 1. The molecule has 2 amide bonds. The standard InChI is InChI=1S/C23H29N3O4S2/c1-17-5-2-3-12-26(17)32(29,30)20-7-4-6-18(15-20)23(28)24-11-8-22(27)25-13-9-21-19(16-25)10-14-31-21/h4,6-7,10,14-15,17H,2-3,5,8-9,11-13,16H2,1H3,(H,24,28). The lowest BCUT2D eigenvalue weighted by atomic mass is 10.1. The number of piperidine rings is 1. The summed E-state index contributed by atoms with van der Waals surface area (Å²) in [5, 5.41) is 4.81. The fourth-order valence-corrected chi connectivity index (χ4v) is 7.00. The van der Waals surface area contributed by atoms with Gasteiger partial charge in [-0.1, -0.05) is 12.5 Å². The fourth-order valence-electron chi connectivity index (χ4n) is 4.37. The SMILES string of the molecule is CC1CCCCN1S(=O)(=O)c1cccc(C(=O)NCCC(=O)N2CCc3sccc3C2)c1. The summed E-state index contributed by atoms with van der Waals surface area (Å²) in [6.07, 6.45) is 3.82. The highest BCUT2D eigenvalue weighted by atomic mass is 32.2. The topological polar surface area (TPSA) is 86.8 Å². The first kappa shape index (κ1) is 22.9. The van der Waals surface area contributed by atoms with Crippen molar-refractivity contribution in [2.24, 2.45) is 0 Å². The van der Waals surface area contributed by atoms with Crippen molar-refractivity contribution in [1.82, 2.24) is 14.5 Å². The van der Waals surface area contributed by atoms with E-state index in [0.29, 0.717) is 19.6 Å². The predicted octanol–water partition coefficient (Wildman–Crippen LogP) is 3.02. The van der Waals surface area contributed by atoms with Gasteiger partial charge < -0.3 is 10.2 Å². The molecule has 1 unspecified atom stereocenters. The molecule has 1 fully saturated rings. The van der Waals surface area contributed by atoms with Crippen LogP contribution >= 0.6 is 11.3 Å². The minimum atomic E-state index is -3.64. The molecule has 1 saturated heterocycles. The molecule has 1 aromatic carbocycles. The second-order valence-electron chi connectivity index (χ2n) is 8.43. The van der Waals surface area contributed by atoms with Crippen LogP contribution in [-0.4, -0.2) is 55.1 Å². The smallest absolute Gasteiger partial charge is 0.251 e. The molecule has 7 nitrogen and oxygen atoms in total. The highest BCUT2D eigenvalue weighted by molar-refractivity contribution is 7.89. The van der Waals surface area contributed by atoms with Gasteiger partial charge in [0.05, 0.1) is 4.90 Å². The molecule has 2 aliphatic heterocycles. The van der Waals surface area contributed by atoms with Crippen molar-refractivity contribution < 1.29 is 18.0 Å². The first-order chi connectivity index (χ1) is 15.4. The van der Waals surface area contributed by atoms with Crippen LogP contribution in [0.2, 0.25) is 0 Å². The van der Waals surface area contributed by atoms with E-state index in [1.807, 2.05) is 11.8 Å². The zero-order valence-corrected chi connectivity index (χ0v) is 19.9. The third kappa shape index (κ3) is 4.89. The molecule has 0 bridgehead atoms. The molecule has 3 heterocycles. The first-order valence-corrected chi connectivity index (χ1v) is 13.4. The molecular weight excluding hydrogens is 446 g/mol. The molecule has 1 N–H and O–H groups in total. The Hall–Kier alpha value is -2.23. The van der Waals surface area contributed by atoms with Gasteiger partial charge in [-0.25, -0.2) is 8.42 Å². The maximum Gasteiger partial charge on any atom is 0.251 e. The summed E-state index contributed by atoms with van der Waals surface area (Å²) in [6, 6.07) is 8.17. The summed E-state index contributed by atoms with van der Waals surface area (Å²) in [4.78, 5) is 28.4. The Kier molecular flexibility index (Phi) is 6.97. The number of nitrogens with zero attached hydrogens (tertiary/aromatic N) is 2. The Morgan fingerprint density at radius 3 is 2.84 bits per heavy atom. The van der Waals surface area contributed by atoms with Crippen molar-refractivity contribution in [3.8, 4) is 0 Å². The van der Waals surface area contributed by atoms with Gasteiger partial charge in [-0.15, -0.1) is 11.3 Å². The maximum atomic E-state index is 13.1. The largest absolute Gasteiger partial charge is 0.352 e. The van der Waals surface area contributed by atoms with E-state index in [0.717, 1.165) is 25.7 Å². The van der Waals surface area contributed by atoms with E-state index in [9.17, 15) is 18.0 Å². The van der Waals surface area contributed by atoms with Crippen molar-refractivity contribution in [1.29, 1.82) is 0 Å². The number of nitrogens with one attached hydrogen (secondary N) is 1. The van der Waals surface area contributed by atoms with Gasteiger partial charge in [0, 0.05) is 49.1 Å². The highest BCUT2D eigenvalue weighted by Gasteiger charge is 2.31. The lowest BCUT2D eigenvalue weighted by Crippen LogP contribution is -2.42. The molecule has 0 spiro atoms. The summed E-state index contributed by atoms with van der Waals surface area (Å²) < 4.78 is 27.7. The van der Waals surface area contributed by atoms with Gasteiger partial charge in [0.25, 0.3) is 5.91 Å². The molecule has 2 aromatic rings. The molecule has 0 radical (unpaired) electrons. The minimum Gasteiger partial charge on any atom is -0.352 e. The van der Waals surface area contributed by atoms with Gasteiger partial charge in [0.1, 0.15) is 0 Å². The summed E-state index contributed by atoms with van der Waals surface area (Å²) in [5.41, 5.74) is 1.49. The van der Waals surface area contributed by atoms with Crippen LogP contribution in [0.3, 0.4) is 0 Å². The lowest BCUT2D eigenvalue weighted by Gasteiger charge is -2.32. The zero-order valence-electron chi connectivity index (χ0n) is 18.2. The van der Waals surface area contributed by atoms with Gasteiger partial charge in [0.2, 0.25) is 15.9 Å². The second kappa shape index (κ2) is 9.72. The van der Waals surface area contributed by atoms with Crippen molar-refractivity contribution in [3.63, 3.8) is 0 Å². The van der Waals surface area contributed by atoms with E-state index in [-0.39, 0.29) is 41.3 Å². The van der Waals surface area contributed by atoms with Gasteiger partial charge in [-0.05, 0) is 61.4 Å². The lowest BCUT2D eigenvalue weighted by molar-refractivity contribution is -0.131. The van der Waals surface area contributed by atoms with Crippen LogP contribution in [0.25, 0.3) is 0 Å². The van der Waals surface area contributed by atoms with Crippen LogP contribution in [0.1, 0.15) is 53.4 Å². The predicted molar refractivity (Wildman–Crippen MR) is 124 cm³/mol. The van der Waals surface area contributed by atoms with Crippen LogP contribution in [0.15, 0.2) is 40.6 Å². The number of rotatable bonds is 6. The third-order valence-corrected chi connectivity index (χ3v) is 9.26. The molecule has 1 aromatic heterocycles. The number of fused-ring (bicyclic) bond motifs is 1. The second-order valence-corrected chi connectivity index (χ2v) is 11.3. The Labute approximate surface area is 193 Å². The van der Waals surface area contributed by atoms with Crippen molar-refractivity contribution in [2.75, 3.05) is 19.6 Å². The molecule has 32 heavy (non-hydrogen) atoms. The van der Waals surface area contributed by atoms with Crippen molar-refractivity contribution in [3.05, 3.63) is 51.7 Å². The molecule has 1 atom stereocenters. The Morgan fingerprint density at radius 2 is 2.03 bits per heavy atom. The van der Waals surface area contributed by atoms with Crippen LogP contribution < -0.4 is 5.32 Å². The minimum absolute atomic E-state index is 0.0116. The van der Waals surface area contributed by atoms with Crippen LogP contribution in [0.5, 0.6) is 0 Å². The Balaban J connectivity index is 1.33. The number of carbonyl (C=O) groups is 2. The van der Waals surface area contributed by atoms with Gasteiger partial charge in [-0.2, -0.15) is 4.31 Å². The normalized spacial score (nSPS) is 19.4. The fraction of sp³-hybridized carbons (Fsp3) is 0.478. The van der Waals surface area contributed by atoms with E-state index in [1.54, 1.807) is 23.5 Å². The monoisotopic (exact) mass is 475 g/mol. The van der Waals surface area contributed by atoms with Crippen LogP contribution in [-0.2, 0) is 27.8 Å². The molecule has 9 heteroatoms. The summed E-state index contributed by atoms with van der Waals surface area (Å²) in [6.45, 7) is 3.97. The molecule has 4 rings (SSSR count). The molecule has 0 saturated carbocycles. The number of hydrogen-bond acceptors (Lipinski definition) is 5. The number of hydrogen-bond donors (Lipinski definition) is 1.